The van der Waals surface area contributed by atoms with E-state index in [-0.39, 0.29) is 18.5 Å². The first-order valence-electron chi connectivity index (χ1n) is 37.2. The zero-order chi connectivity index (χ0) is 59.2. The largest absolute Gasteiger partial charge is 0.466 e. The van der Waals surface area contributed by atoms with Crippen molar-refractivity contribution in [3.05, 3.63) is 36.5 Å². The van der Waals surface area contributed by atoms with Crippen molar-refractivity contribution in [2.45, 2.75) is 424 Å². The molecule has 0 aromatic carbocycles. The smallest absolute Gasteiger partial charge is 0.305 e. The fourth-order valence-electron chi connectivity index (χ4n) is 11.7. The zero-order valence-electron chi connectivity index (χ0n) is 55.5. The second-order valence-electron chi connectivity index (χ2n) is 25.6. The first-order valence-corrected chi connectivity index (χ1v) is 37.2. The van der Waals surface area contributed by atoms with Crippen LogP contribution in [-0.4, -0.2) is 47.4 Å². The molecule has 1 amide bonds. The summed E-state index contributed by atoms with van der Waals surface area (Å²) in [5, 5.41) is 23.4. The summed E-state index contributed by atoms with van der Waals surface area (Å²) in [6.45, 7) is 4.94. The number of allylic oxidation sites excluding steroid dienone is 6. The average molecular weight is 1150 g/mol. The van der Waals surface area contributed by atoms with Gasteiger partial charge in [-0.25, -0.2) is 0 Å². The number of hydrogen-bond donors (Lipinski definition) is 3. The Hall–Kier alpha value is -1.92. The van der Waals surface area contributed by atoms with Gasteiger partial charge < -0.3 is 20.3 Å². The van der Waals surface area contributed by atoms with Crippen LogP contribution in [0.3, 0.4) is 0 Å². The van der Waals surface area contributed by atoms with Crippen molar-refractivity contribution in [3.8, 4) is 0 Å². The maximum atomic E-state index is 12.5. The van der Waals surface area contributed by atoms with Crippen LogP contribution >= 0.6 is 0 Å². The summed E-state index contributed by atoms with van der Waals surface area (Å²) in [5.74, 6) is -0.0243. The first-order chi connectivity index (χ1) is 40.5. The number of unbranched alkanes of at least 4 members (excludes halogenated alkanes) is 53. The lowest BCUT2D eigenvalue weighted by Gasteiger charge is -2.22. The van der Waals surface area contributed by atoms with E-state index in [1.165, 1.54) is 327 Å². The molecule has 0 rings (SSSR count). The van der Waals surface area contributed by atoms with Gasteiger partial charge in [0.05, 0.1) is 25.4 Å². The number of hydrogen-bond acceptors (Lipinski definition) is 5. The number of nitrogens with one attached hydrogen (secondary N) is 1. The van der Waals surface area contributed by atoms with Crippen LogP contribution in [0.4, 0.5) is 0 Å². The van der Waals surface area contributed by atoms with Crippen LogP contribution in [0.5, 0.6) is 0 Å². The molecule has 0 saturated heterocycles. The topological polar surface area (TPSA) is 95.9 Å². The zero-order valence-corrected chi connectivity index (χ0v) is 55.5. The standard InChI is InChI=1S/C76H145NO5/c1-3-5-7-9-11-13-15-17-19-20-35-38-41-44-48-52-56-60-64-68-74(79)73(72-78)77-75(80)69-65-61-57-53-49-45-42-39-36-33-31-29-27-25-23-21-22-24-26-28-30-32-34-37-40-43-47-51-55-59-63-67-71-82-76(81)70-66-62-58-54-50-46-18-16-14-12-10-8-6-4-2/h10,12,16,18,24,26,73-74,78-79H,3-9,11,13-15,17,19-23,25,27-72H2,1-2H3,(H,77,80)/b12-10-,18-16-,26-24-. The SMILES string of the molecule is CCCC/C=C\C/C=C\CCCCCCCC(=O)OCCCCCCCCCCCCCC/C=C\CCCCCCCCCCCCCCCCCCC(=O)NC(CO)C(O)CCCCCCCCCCCCCCCCCCCCC. The van der Waals surface area contributed by atoms with Gasteiger partial charge in [0.2, 0.25) is 5.91 Å². The van der Waals surface area contributed by atoms with Gasteiger partial charge in [0.1, 0.15) is 0 Å². The van der Waals surface area contributed by atoms with Gasteiger partial charge in [0.15, 0.2) is 0 Å². The molecular weight excluding hydrogens is 1010 g/mol. The number of ether oxygens (including phenoxy) is 1. The van der Waals surface area contributed by atoms with Gasteiger partial charge in [0, 0.05) is 12.8 Å². The molecule has 6 nitrogen and oxygen atoms in total. The Morgan fingerprint density at radius 1 is 0.341 bits per heavy atom. The van der Waals surface area contributed by atoms with Crippen LogP contribution in [-0.2, 0) is 14.3 Å². The number of carbonyl (C=O) groups is 2. The van der Waals surface area contributed by atoms with E-state index in [0.717, 1.165) is 51.4 Å². The summed E-state index contributed by atoms with van der Waals surface area (Å²) in [6, 6.07) is -0.540. The fraction of sp³-hybridized carbons (Fsp3) is 0.895. The first kappa shape index (κ1) is 80.1. The number of rotatable bonds is 70. The Kier molecular flexibility index (Phi) is 69.9. The molecule has 0 saturated carbocycles. The van der Waals surface area contributed by atoms with E-state index in [2.05, 4.69) is 55.6 Å². The molecular formula is C76H145NO5. The summed E-state index contributed by atoms with van der Waals surface area (Å²) in [7, 11) is 0. The molecule has 484 valence electrons. The van der Waals surface area contributed by atoms with Crippen LogP contribution < -0.4 is 5.32 Å². The van der Waals surface area contributed by atoms with Gasteiger partial charge in [0.25, 0.3) is 0 Å². The summed E-state index contributed by atoms with van der Waals surface area (Å²) in [5.41, 5.74) is 0. The Balaban J connectivity index is 3.36. The van der Waals surface area contributed by atoms with E-state index in [0.29, 0.717) is 25.9 Å². The highest BCUT2D eigenvalue weighted by atomic mass is 16.5. The molecule has 2 unspecified atom stereocenters. The van der Waals surface area contributed by atoms with Crippen molar-refractivity contribution >= 4 is 11.9 Å². The van der Waals surface area contributed by atoms with E-state index in [1.807, 2.05) is 0 Å². The lowest BCUT2D eigenvalue weighted by molar-refractivity contribution is -0.143. The highest BCUT2D eigenvalue weighted by Crippen LogP contribution is 2.19. The van der Waals surface area contributed by atoms with E-state index in [1.54, 1.807) is 0 Å². The quantitative estimate of drug-likeness (QED) is 0.0320. The Morgan fingerprint density at radius 3 is 0.976 bits per heavy atom. The molecule has 0 aromatic heterocycles. The van der Waals surface area contributed by atoms with Crippen molar-refractivity contribution in [3.63, 3.8) is 0 Å². The third-order valence-corrected chi connectivity index (χ3v) is 17.4. The minimum Gasteiger partial charge on any atom is -0.466 e. The van der Waals surface area contributed by atoms with Crippen LogP contribution in [0, 0.1) is 0 Å². The number of amides is 1. The van der Waals surface area contributed by atoms with Gasteiger partial charge in [-0.05, 0) is 77.0 Å². The van der Waals surface area contributed by atoms with Crippen LogP contribution in [0.15, 0.2) is 36.5 Å². The molecule has 0 aliphatic rings. The molecule has 0 fully saturated rings. The van der Waals surface area contributed by atoms with Crippen molar-refractivity contribution in [1.29, 1.82) is 0 Å². The van der Waals surface area contributed by atoms with Crippen LogP contribution in [0.25, 0.3) is 0 Å². The summed E-state index contributed by atoms with van der Waals surface area (Å²) in [4.78, 5) is 24.6. The van der Waals surface area contributed by atoms with E-state index < -0.39 is 12.1 Å². The predicted octanol–water partition coefficient (Wildman–Crippen LogP) is 24.3. The second-order valence-corrected chi connectivity index (χ2v) is 25.6. The molecule has 0 heterocycles. The second kappa shape index (κ2) is 71.6. The monoisotopic (exact) mass is 1150 g/mol. The van der Waals surface area contributed by atoms with Crippen molar-refractivity contribution in [2.75, 3.05) is 13.2 Å². The molecule has 0 bridgehead atoms. The van der Waals surface area contributed by atoms with Crippen molar-refractivity contribution in [2.24, 2.45) is 0 Å². The Labute approximate surface area is 513 Å². The maximum Gasteiger partial charge on any atom is 0.305 e. The molecule has 0 aliphatic heterocycles. The maximum absolute atomic E-state index is 12.5. The highest BCUT2D eigenvalue weighted by molar-refractivity contribution is 5.76. The summed E-state index contributed by atoms with van der Waals surface area (Å²) < 4.78 is 5.48. The molecule has 0 radical (unpaired) electrons. The average Bonchev–Trinajstić information content (AvgIpc) is 3.48. The lowest BCUT2D eigenvalue weighted by atomic mass is 10.0. The van der Waals surface area contributed by atoms with Crippen LogP contribution in [0.2, 0.25) is 0 Å². The van der Waals surface area contributed by atoms with Crippen molar-refractivity contribution < 1.29 is 24.5 Å². The molecule has 2 atom stereocenters. The summed E-state index contributed by atoms with van der Waals surface area (Å²) >= 11 is 0. The molecule has 6 heteroatoms. The highest BCUT2D eigenvalue weighted by Gasteiger charge is 2.20. The van der Waals surface area contributed by atoms with Gasteiger partial charge in [-0.2, -0.15) is 0 Å². The van der Waals surface area contributed by atoms with Gasteiger partial charge in [-0.3, -0.25) is 9.59 Å². The van der Waals surface area contributed by atoms with Crippen LogP contribution in [0.1, 0.15) is 412 Å². The molecule has 82 heavy (non-hydrogen) atoms. The van der Waals surface area contributed by atoms with Crippen molar-refractivity contribution in [1.82, 2.24) is 5.32 Å². The lowest BCUT2D eigenvalue weighted by Crippen LogP contribution is -2.45. The number of aliphatic hydroxyl groups excluding tert-OH is 2. The van der Waals surface area contributed by atoms with E-state index in [4.69, 9.17) is 4.74 Å². The third kappa shape index (κ3) is 67.2. The minimum absolute atomic E-state index is 0.00399. The molecule has 3 N–H and O–H groups in total. The summed E-state index contributed by atoms with van der Waals surface area (Å²) in [6.07, 6.45) is 92.1. The van der Waals surface area contributed by atoms with Gasteiger partial charge in [-0.1, -0.05) is 359 Å². The predicted molar refractivity (Wildman–Crippen MR) is 361 cm³/mol. The normalized spacial score (nSPS) is 12.7. The molecule has 0 aromatic rings. The number of carbonyl (C=O) groups excluding carboxylic acids is 2. The van der Waals surface area contributed by atoms with E-state index >= 15 is 0 Å². The molecule has 0 aliphatic carbocycles. The Bertz CT molecular complexity index is 1330. The van der Waals surface area contributed by atoms with Gasteiger partial charge >= 0.3 is 5.97 Å². The number of aliphatic hydroxyl groups is 2. The third-order valence-electron chi connectivity index (χ3n) is 17.4. The fourth-order valence-corrected chi connectivity index (χ4v) is 11.7. The number of esters is 1. The Morgan fingerprint density at radius 2 is 0.622 bits per heavy atom. The van der Waals surface area contributed by atoms with Gasteiger partial charge in [-0.15, -0.1) is 0 Å². The molecule has 0 spiro atoms. The minimum atomic E-state index is -0.663. The van der Waals surface area contributed by atoms with E-state index in [9.17, 15) is 19.8 Å².